The van der Waals surface area contributed by atoms with Crippen LogP contribution in [0.5, 0.6) is 0 Å². The van der Waals surface area contributed by atoms with Gasteiger partial charge in [0.25, 0.3) is 0 Å². The molecule has 0 spiro atoms. The maximum Gasteiger partial charge on any atom is 0.246 e. The van der Waals surface area contributed by atoms with E-state index in [0.717, 1.165) is 5.69 Å². The average Bonchev–Trinajstić information content (AvgIpc) is 2.84. The number of fused-ring (bicyclic) bond motifs is 1. The normalized spacial score (nSPS) is 30.1. The van der Waals surface area contributed by atoms with Crippen molar-refractivity contribution in [2.24, 2.45) is 0 Å². The maximum atomic E-state index is 12.5. The number of carbonyl (C=O) groups excluding carboxylic acids is 1. The number of hydrogen-bond acceptors (Lipinski definition) is 2. The summed E-state index contributed by atoms with van der Waals surface area (Å²) in [4.78, 5) is 14.6. The molecule has 2 heterocycles. The van der Waals surface area contributed by atoms with E-state index >= 15 is 0 Å². The van der Waals surface area contributed by atoms with Crippen LogP contribution in [0.25, 0.3) is 0 Å². The van der Waals surface area contributed by atoms with Crippen LogP contribution >= 0.6 is 15.9 Å². The Kier molecular flexibility index (Phi) is 3.31. The largest absolute Gasteiger partial charge is 0.305 e. The molecule has 0 aliphatic carbocycles. The summed E-state index contributed by atoms with van der Waals surface area (Å²) in [6.07, 6.45) is 0. The Morgan fingerprint density at radius 1 is 1.00 bits per heavy atom. The van der Waals surface area contributed by atoms with Gasteiger partial charge in [-0.2, -0.15) is 0 Å². The van der Waals surface area contributed by atoms with Crippen LogP contribution in [0.4, 0.5) is 5.69 Å². The Balaban J connectivity index is 1.62. The van der Waals surface area contributed by atoms with E-state index in [1.807, 2.05) is 35.2 Å². The van der Waals surface area contributed by atoms with Crippen molar-refractivity contribution in [1.82, 2.24) is 5.32 Å². The fraction of sp³-hybridized carbons (Fsp3) is 0.278. The minimum Gasteiger partial charge on any atom is -0.305 e. The molecule has 2 aliphatic heterocycles. The van der Waals surface area contributed by atoms with Gasteiger partial charge in [0.2, 0.25) is 5.91 Å². The predicted octanol–water partition coefficient (Wildman–Crippen LogP) is 3.19. The number of β-lactam (4-membered cyclic amide) rings is 1. The van der Waals surface area contributed by atoms with Gasteiger partial charge in [-0.25, -0.2) is 0 Å². The van der Waals surface area contributed by atoms with Crippen molar-refractivity contribution in [3.05, 3.63) is 65.7 Å². The highest BCUT2D eigenvalue weighted by Crippen LogP contribution is 2.43. The van der Waals surface area contributed by atoms with Crippen molar-refractivity contribution in [1.29, 1.82) is 0 Å². The first kappa shape index (κ1) is 14.0. The van der Waals surface area contributed by atoms with Crippen LogP contribution in [0.1, 0.15) is 17.2 Å². The van der Waals surface area contributed by atoms with Crippen molar-refractivity contribution in [3.63, 3.8) is 0 Å². The summed E-state index contributed by atoms with van der Waals surface area (Å²) in [6.45, 7) is 2.06. The van der Waals surface area contributed by atoms with Crippen molar-refractivity contribution in [2.75, 3.05) is 4.90 Å². The lowest BCUT2D eigenvalue weighted by molar-refractivity contribution is -0.125. The van der Waals surface area contributed by atoms with E-state index in [0.29, 0.717) is 0 Å². The second-order valence-electron chi connectivity index (χ2n) is 6.01. The third-order valence-electron chi connectivity index (χ3n) is 4.62. The number of nitrogens with one attached hydrogen (secondary N) is 1. The second kappa shape index (κ2) is 5.21. The number of rotatable bonds is 2. The maximum absolute atomic E-state index is 12.5. The Bertz CT molecular complexity index is 701. The van der Waals surface area contributed by atoms with Crippen LogP contribution in [0, 0.1) is 6.92 Å². The van der Waals surface area contributed by atoms with E-state index in [4.69, 9.17) is 0 Å². The molecule has 2 fully saturated rings. The number of alkyl halides is 1. The molecule has 1 N–H and O–H groups in total. The predicted molar refractivity (Wildman–Crippen MR) is 91.3 cm³/mol. The zero-order valence-corrected chi connectivity index (χ0v) is 13.8. The zero-order chi connectivity index (χ0) is 15.3. The lowest BCUT2D eigenvalue weighted by Crippen LogP contribution is -2.67. The van der Waals surface area contributed by atoms with Gasteiger partial charge in [-0.3, -0.25) is 10.1 Å². The summed E-state index contributed by atoms with van der Waals surface area (Å²) in [6, 6.07) is 18.7. The molecule has 2 aromatic rings. The Morgan fingerprint density at radius 3 is 2.36 bits per heavy atom. The number of carbonyl (C=O) groups is 1. The summed E-state index contributed by atoms with van der Waals surface area (Å²) < 4.78 is 0. The van der Waals surface area contributed by atoms with Crippen LogP contribution in [-0.4, -0.2) is 22.8 Å². The number of amides is 1. The standard InChI is InChI=1S/C18H17BrN2O/c1-11-7-9-13(10-8-11)21-17-14(19)15(20-16(17)18(21)22)12-5-3-2-4-6-12/h2-10,14-17,20H,1H3/t14-,15-,16-,17+/m1/s1. The summed E-state index contributed by atoms with van der Waals surface area (Å²) in [5, 5.41) is 3.48. The molecule has 0 aromatic heterocycles. The Labute approximate surface area is 138 Å². The van der Waals surface area contributed by atoms with E-state index in [-0.39, 0.29) is 28.9 Å². The third kappa shape index (κ3) is 2.02. The summed E-state index contributed by atoms with van der Waals surface area (Å²) >= 11 is 3.82. The topological polar surface area (TPSA) is 32.3 Å². The fourth-order valence-corrected chi connectivity index (χ4v) is 4.43. The molecule has 0 radical (unpaired) electrons. The molecule has 2 saturated heterocycles. The summed E-state index contributed by atoms with van der Waals surface area (Å²) in [5.74, 6) is 0.164. The van der Waals surface area contributed by atoms with Crippen molar-refractivity contribution >= 4 is 27.5 Å². The fourth-order valence-electron chi connectivity index (χ4n) is 3.43. The quantitative estimate of drug-likeness (QED) is 0.661. The second-order valence-corrected chi connectivity index (χ2v) is 7.07. The lowest BCUT2D eigenvalue weighted by Gasteiger charge is -2.44. The van der Waals surface area contributed by atoms with Crippen LogP contribution in [0.2, 0.25) is 0 Å². The van der Waals surface area contributed by atoms with Gasteiger partial charge in [0.1, 0.15) is 6.04 Å². The lowest BCUT2D eigenvalue weighted by atomic mass is 9.93. The average molecular weight is 357 g/mol. The monoisotopic (exact) mass is 356 g/mol. The number of aryl methyl sites for hydroxylation is 1. The molecule has 0 unspecified atom stereocenters. The van der Waals surface area contributed by atoms with Crippen LogP contribution in [0.15, 0.2) is 54.6 Å². The Hall–Kier alpha value is -1.65. The van der Waals surface area contributed by atoms with E-state index in [1.165, 1.54) is 11.1 Å². The zero-order valence-electron chi connectivity index (χ0n) is 12.2. The molecule has 2 aromatic carbocycles. The first-order valence-electron chi connectivity index (χ1n) is 7.51. The number of halogens is 1. The number of benzene rings is 2. The molecule has 1 amide bonds. The van der Waals surface area contributed by atoms with E-state index in [9.17, 15) is 4.79 Å². The van der Waals surface area contributed by atoms with Gasteiger partial charge in [0.05, 0.1) is 10.9 Å². The molecule has 2 aliphatic rings. The molecule has 3 nitrogen and oxygen atoms in total. The van der Waals surface area contributed by atoms with Gasteiger partial charge in [-0.05, 0) is 24.6 Å². The van der Waals surface area contributed by atoms with Gasteiger partial charge < -0.3 is 4.90 Å². The molecule has 4 atom stereocenters. The molecule has 0 saturated carbocycles. The van der Waals surface area contributed by atoms with Crippen LogP contribution in [0.3, 0.4) is 0 Å². The number of nitrogens with zero attached hydrogens (tertiary/aromatic N) is 1. The molecular weight excluding hydrogens is 340 g/mol. The first-order chi connectivity index (χ1) is 10.7. The molecule has 4 heteroatoms. The van der Waals surface area contributed by atoms with Gasteiger partial charge in [0, 0.05) is 11.7 Å². The van der Waals surface area contributed by atoms with Crippen molar-refractivity contribution in [3.8, 4) is 0 Å². The highest BCUT2D eigenvalue weighted by Gasteiger charge is 2.58. The molecule has 22 heavy (non-hydrogen) atoms. The van der Waals surface area contributed by atoms with Crippen molar-refractivity contribution < 1.29 is 4.79 Å². The highest BCUT2D eigenvalue weighted by atomic mass is 79.9. The van der Waals surface area contributed by atoms with Crippen LogP contribution in [-0.2, 0) is 4.79 Å². The van der Waals surface area contributed by atoms with E-state index < -0.39 is 0 Å². The van der Waals surface area contributed by atoms with Crippen LogP contribution < -0.4 is 10.2 Å². The van der Waals surface area contributed by atoms with Gasteiger partial charge >= 0.3 is 0 Å². The van der Waals surface area contributed by atoms with E-state index in [1.54, 1.807) is 0 Å². The van der Waals surface area contributed by atoms with Gasteiger partial charge in [0.15, 0.2) is 0 Å². The summed E-state index contributed by atoms with van der Waals surface area (Å²) in [5.41, 5.74) is 3.41. The molecule has 112 valence electrons. The minimum absolute atomic E-state index is 0.0871. The van der Waals surface area contributed by atoms with Gasteiger partial charge in [-0.15, -0.1) is 0 Å². The number of anilines is 1. The first-order valence-corrected chi connectivity index (χ1v) is 8.43. The highest BCUT2D eigenvalue weighted by molar-refractivity contribution is 9.09. The summed E-state index contributed by atoms with van der Waals surface area (Å²) in [7, 11) is 0. The smallest absolute Gasteiger partial charge is 0.246 e. The Morgan fingerprint density at radius 2 is 1.68 bits per heavy atom. The minimum atomic E-state index is -0.0871. The van der Waals surface area contributed by atoms with Gasteiger partial charge in [-0.1, -0.05) is 64.0 Å². The third-order valence-corrected chi connectivity index (χ3v) is 5.69. The SMILES string of the molecule is Cc1ccc(N2C(=O)[C@@H]3N[C@H](c4ccccc4)[C@@H](Br)[C@@H]32)cc1. The molecular formula is C18H17BrN2O. The molecule has 0 bridgehead atoms. The van der Waals surface area contributed by atoms with E-state index in [2.05, 4.69) is 52.4 Å². The number of hydrogen-bond donors (Lipinski definition) is 1. The molecule has 4 rings (SSSR count). The van der Waals surface area contributed by atoms with Crippen molar-refractivity contribution in [2.45, 2.75) is 29.9 Å².